The first kappa shape index (κ1) is 8.92. The quantitative estimate of drug-likeness (QED) is 0.508. The van der Waals surface area contributed by atoms with Crippen LogP contribution in [0.2, 0.25) is 0 Å². The molecule has 3 rings (SSSR count). The lowest BCUT2D eigenvalue weighted by Crippen LogP contribution is -2.22. The van der Waals surface area contributed by atoms with Crippen LogP contribution in [-0.4, -0.2) is 24.8 Å². The van der Waals surface area contributed by atoms with Crippen molar-refractivity contribution in [1.29, 1.82) is 0 Å². The molecular weight excluding hydrogens is 192 g/mol. The number of esters is 1. The normalized spacial score (nSPS) is 25.0. The summed E-state index contributed by atoms with van der Waals surface area (Å²) in [6.07, 6.45) is 1.32. The van der Waals surface area contributed by atoms with Crippen LogP contribution >= 0.6 is 0 Å². The summed E-state index contributed by atoms with van der Waals surface area (Å²) in [6.45, 7) is 0. The van der Waals surface area contributed by atoms with Gasteiger partial charge in [-0.25, -0.2) is 4.79 Å². The minimum Gasteiger partial charge on any atom is -0.467 e. The number of carbonyl (C=O) groups excluding carboxylic acids is 1. The number of rotatable bonds is 1. The Morgan fingerprint density at radius 3 is 2.53 bits per heavy atom. The molecule has 0 aromatic heterocycles. The van der Waals surface area contributed by atoms with Crippen LogP contribution in [0.1, 0.15) is 11.1 Å². The van der Waals surface area contributed by atoms with Crippen LogP contribution in [0.4, 0.5) is 0 Å². The van der Waals surface area contributed by atoms with Gasteiger partial charge in [-0.3, -0.25) is 0 Å². The Morgan fingerprint density at radius 2 is 2.00 bits per heavy atom. The molecule has 1 aliphatic carbocycles. The van der Waals surface area contributed by atoms with Gasteiger partial charge in [-0.2, -0.15) is 0 Å². The number of ether oxygens (including phenoxy) is 2. The van der Waals surface area contributed by atoms with Gasteiger partial charge in [-0.1, -0.05) is 24.3 Å². The highest BCUT2D eigenvalue weighted by atomic mass is 16.7. The monoisotopic (exact) mass is 204 g/mol. The first-order valence-corrected chi connectivity index (χ1v) is 5.08. The van der Waals surface area contributed by atoms with Crippen molar-refractivity contribution in [2.24, 2.45) is 0 Å². The molecule has 1 aromatic rings. The molecule has 2 aliphatic rings. The molecule has 1 aromatic carbocycles. The Balaban J connectivity index is 1.83. The van der Waals surface area contributed by atoms with Crippen molar-refractivity contribution in [2.75, 3.05) is 7.11 Å². The molecule has 1 unspecified atom stereocenters. The Morgan fingerprint density at radius 1 is 1.40 bits per heavy atom. The standard InChI is InChI=1S/C12H12O3/c1-14-11(13)10-12(15-10)6-8-4-2-3-5-9(8)7-12/h2-5,10H,6-7H2,1H3. The predicted octanol–water partition coefficient (Wildman–Crippen LogP) is 1.10. The van der Waals surface area contributed by atoms with Crippen LogP contribution in [0.5, 0.6) is 0 Å². The molecule has 1 saturated heterocycles. The molecule has 1 fully saturated rings. The molecule has 0 N–H and O–H groups in total. The Labute approximate surface area is 88.0 Å². The lowest BCUT2D eigenvalue weighted by Gasteiger charge is -1.99. The number of benzene rings is 1. The fourth-order valence-corrected chi connectivity index (χ4v) is 2.45. The lowest BCUT2D eigenvalue weighted by atomic mass is 10.0. The summed E-state index contributed by atoms with van der Waals surface area (Å²) in [4.78, 5) is 11.3. The van der Waals surface area contributed by atoms with Gasteiger partial charge >= 0.3 is 5.97 Å². The van der Waals surface area contributed by atoms with Crippen LogP contribution in [0.25, 0.3) is 0 Å². The summed E-state index contributed by atoms with van der Waals surface area (Å²) in [5.74, 6) is -0.247. The van der Waals surface area contributed by atoms with Crippen molar-refractivity contribution < 1.29 is 14.3 Å². The molecule has 0 saturated carbocycles. The summed E-state index contributed by atoms with van der Waals surface area (Å²) in [5, 5.41) is 0. The fourth-order valence-electron chi connectivity index (χ4n) is 2.45. The molecule has 3 nitrogen and oxygen atoms in total. The van der Waals surface area contributed by atoms with E-state index in [0.29, 0.717) is 0 Å². The van der Waals surface area contributed by atoms with Crippen molar-refractivity contribution in [3.05, 3.63) is 35.4 Å². The molecule has 0 radical (unpaired) electrons. The fraction of sp³-hybridized carbons (Fsp3) is 0.417. The van der Waals surface area contributed by atoms with Crippen molar-refractivity contribution in [3.8, 4) is 0 Å². The van der Waals surface area contributed by atoms with Crippen LogP contribution in [0.3, 0.4) is 0 Å². The summed E-state index contributed by atoms with van der Waals surface area (Å²) in [7, 11) is 1.40. The van der Waals surface area contributed by atoms with E-state index in [4.69, 9.17) is 9.47 Å². The number of methoxy groups -OCH3 is 1. The van der Waals surface area contributed by atoms with Crippen LogP contribution < -0.4 is 0 Å². The number of epoxide rings is 1. The second-order valence-electron chi connectivity index (χ2n) is 4.21. The zero-order valence-corrected chi connectivity index (χ0v) is 8.53. The third-order valence-electron chi connectivity index (χ3n) is 3.29. The molecule has 1 spiro atoms. The molecule has 3 heteroatoms. The van der Waals surface area contributed by atoms with E-state index in [1.54, 1.807) is 0 Å². The van der Waals surface area contributed by atoms with Gasteiger partial charge in [0, 0.05) is 12.8 Å². The molecule has 0 amide bonds. The van der Waals surface area contributed by atoms with E-state index in [1.807, 2.05) is 12.1 Å². The van der Waals surface area contributed by atoms with E-state index in [9.17, 15) is 4.79 Å². The Bertz CT molecular complexity index is 400. The Kier molecular flexibility index (Phi) is 1.68. The van der Waals surface area contributed by atoms with Crippen LogP contribution in [0.15, 0.2) is 24.3 Å². The first-order valence-electron chi connectivity index (χ1n) is 5.08. The number of hydrogen-bond acceptors (Lipinski definition) is 3. The highest BCUT2D eigenvalue weighted by Crippen LogP contribution is 2.48. The maximum atomic E-state index is 11.3. The van der Waals surface area contributed by atoms with Gasteiger partial charge in [0.05, 0.1) is 7.11 Å². The average Bonchev–Trinajstić information content (AvgIpc) is 2.80. The van der Waals surface area contributed by atoms with Crippen molar-refractivity contribution in [3.63, 3.8) is 0 Å². The highest BCUT2D eigenvalue weighted by molar-refractivity contribution is 5.80. The summed E-state index contributed by atoms with van der Waals surface area (Å²) >= 11 is 0. The van der Waals surface area contributed by atoms with Gasteiger partial charge in [-0.05, 0) is 11.1 Å². The van der Waals surface area contributed by atoms with Gasteiger partial charge in [0.25, 0.3) is 0 Å². The van der Waals surface area contributed by atoms with Gasteiger partial charge in [-0.15, -0.1) is 0 Å². The minimum absolute atomic E-state index is 0.247. The van der Waals surface area contributed by atoms with Gasteiger partial charge in [0.1, 0.15) is 5.60 Å². The van der Waals surface area contributed by atoms with Gasteiger partial charge in [0.2, 0.25) is 0 Å². The molecule has 1 atom stereocenters. The molecule has 0 bridgehead atoms. The van der Waals surface area contributed by atoms with E-state index in [0.717, 1.165) is 12.8 Å². The minimum atomic E-state index is -0.352. The van der Waals surface area contributed by atoms with Crippen molar-refractivity contribution in [2.45, 2.75) is 24.5 Å². The van der Waals surface area contributed by atoms with Crippen LogP contribution in [-0.2, 0) is 27.1 Å². The van der Waals surface area contributed by atoms with Crippen molar-refractivity contribution in [1.82, 2.24) is 0 Å². The maximum Gasteiger partial charge on any atom is 0.338 e. The second-order valence-corrected chi connectivity index (χ2v) is 4.21. The number of fused-ring (bicyclic) bond motifs is 1. The Hall–Kier alpha value is -1.35. The topological polar surface area (TPSA) is 38.8 Å². The van der Waals surface area contributed by atoms with E-state index in [-0.39, 0.29) is 17.7 Å². The molecule has 1 heterocycles. The van der Waals surface area contributed by atoms with Gasteiger partial charge < -0.3 is 9.47 Å². The van der Waals surface area contributed by atoms with E-state index in [1.165, 1.54) is 18.2 Å². The van der Waals surface area contributed by atoms with Gasteiger partial charge in [0.15, 0.2) is 6.10 Å². The van der Waals surface area contributed by atoms with Crippen LogP contribution in [0, 0.1) is 0 Å². The lowest BCUT2D eigenvalue weighted by molar-refractivity contribution is -0.142. The largest absolute Gasteiger partial charge is 0.467 e. The first-order chi connectivity index (χ1) is 7.25. The number of hydrogen-bond donors (Lipinski definition) is 0. The van der Waals surface area contributed by atoms with E-state index < -0.39 is 0 Å². The molecular formula is C12H12O3. The zero-order valence-electron chi connectivity index (χ0n) is 8.53. The number of carbonyl (C=O) groups is 1. The third kappa shape index (κ3) is 1.20. The summed E-state index contributed by atoms with van der Waals surface area (Å²) < 4.78 is 10.2. The van der Waals surface area contributed by atoms with E-state index in [2.05, 4.69) is 12.1 Å². The molecule has 78 valence electrons. The SMILES string of the molecule is COC(=O)C1OC12Cc1ccccc1C2. The molecule has 1 aliphatic heterocycles. The smallest absolute Gasteiger partial charge is 0.338 e. The van der Waals surface area contributed by atoms with E-state index >= 15 is 0 Å². The second kappa shape index (κ2) is 2.83. The third-order valence-corrected chi connectivity index (χ3v) is 3.29. The zero-order chi connectivity index (χ0) is 10.5. The predicted molar refractivity (Wildman–Crippen MR) is 53.5 cm³/mol. The average molecular weight is 204 g/mol. The highest BCUT2D eigenvalue weighted by Gasteiger charge is 2.63. The molecule has 15 heavy (non-hydrogen) atoms. The maximum absolute atomic E-state index is 11.3. The van der Waals surface area contributed by atoms with Crippen molar-refractivity contribution >= 4 is 5.97 Å². The summed E-state index contributed by atoms with van der Waals surface area (Å²) in [6, 6.07) is 8.24. The summed E-state index contributed by atoms with van der Waals surface area (Å²) in [5.41, 5.74) is 2.31.